The van der Waals surface area contributed by atoms with Gasteiger partial charge in [-0.3, -0.25) is 9.59 Å². The van der Waals surface area contributed by atoms with Crippen LogP contribution >= 0.6 is 24.0 Å². The number of thioether (sulfide) groups is 1. The van der Waals surface area contributed by atoms with Crippen LogP contribution in [-0.2, 0) is 16.0 Å². The first-order valence-corrected chi connectivity index (χ1v) is 10.3. The maximum atomic E-state index is 12.7. The van der Waals surface area contributed by atoms with E-state index in [4.69, 9.17) is 12.2 Å². The molecular weight excluding hydrogens is 350 g/mol. The predicted molar refractivity (Wildman–Crippen MR) is 109 cm³/mol. The Hall–Kier alpha value is -1.20. The molecule has 0 saturated carbocycles. The van der Waals surface area contributed by atoms with Crippen molar-refractivity contribution in [2.45, 2.75) is 52.5 Å². The number of nitrogens with zero attached hydrogens (tertiary/aromatic N) is 1. The number of benzene rings is 1. The highest BCUT2D eigenvalue weighted by atomic mass is 32.2. The summed E-state index contributed by atoms with van der Waals surface area (Å²) in [6, 6.07) is 10.2. The van der Waals surface area contributed by atoms with E-state index in [9.17, 15) is 9.59 Å². The highest BCUT2D eigenvalue weighted by molar-refractivity contribution is 8.23. The highest BCUT2D eigenvalue weighted by Gasteiger charge is 2.39. The Balaban J connectivity index is 1.92. The molecule has 3 nitrogen and oxygen atoms in total. The Morgan fingerprint density at radius 2 is 1.96 bits per heavy atom. The van der Waals surface area contributed by atoms with E-state index < -0.39 is 5.41 Å². The van der Waals surface area contributed by atoms with Crippen LogP contribution in [-0.4, -0.2) is 39.1 Å². The number of hydrogen-bond donors (Lipinski definition) is 0. The third kappa shape index (κ3) is 5.14. The maximum absolute atomic E-state index is 12.7. The molecule has 1 heterocycles. The number of hydrogen-bond acceptors (Lipinski definition) is 4. The maximum Gasteiger partial charge on any atom is 0.291 e. The third-order valence-electron chi connectivity index (χ3n) is 4.96. The summed E-state index contributed by atoms with van der Waals surface area (Å²) in [4.78, 5) is 26.9. The number of carbonyl (C=O) groups excluding carboxylic acids is 2. The van der Waals surface area contributed by atoms with E-state index in [2.05, 4.69) is 12.1 Å². The van der Waals surface area contributed by atoms with Crippen LogP contribution in [0.5, 0.6) is 0 Å². The minimum absolute atomic E-state index is 0.0834. The van der Waals surface area contributed by atoms with Gasteiger partial charge in [0.05, 0.1) is 10.2 Å². The molecule has 0 spiro atoms. The van der Waals surface area contributed by atoms with E-state index in [0.29, 0.717) is 13.0 Å². The molecule has 2 rings (SSSR count). The van der Waals surface area contributed by atoms with Gasteiger partial charge in [-0.05, 0) is 31.2 Å². The van der Waals surface area contributed by atoms with E-state index in [1.165, 1.54) is 5.56 Å². The van der Waals surface area contributed by atoms with Crippen molar-refractivity contribution in [2.75, 3.05) is 12.3 Å². The molecule has 5 heteroatoms. The zero-order chi connectivity index (χ0) is 18.4. The van der Waals surface area contributed by atoms with Crippen LogP contribution in [0.3, 0.4) is 0 Å². The van der Waals surface area contributed by atoms with Crippen molar-refractivity contribution in [1.29, 1.82) is 0 Å². The van der Waals surface area contributed by atoms with Crippen LogP contribution in [0.4, 0.5) is 0 Å². The molecule has 0 aromatic heterocycles. The van der Waals surface area contributed by atoms with Crippen LogP contribution < -0.4 is 0 Å². The smallest absolute Gasteiger partial charge is 0.291 e. The second-order valence-electron chi connectivity index (χ2n) is 7.13. The standard InChI is InChI=1S/C20H27NO2S2/c1-4-20(2,3)17(22)18(23)21-13-8-11-16(21)19(24)25-14-12-15-9-6-5-7-10-15/h5-7,9-10,16H,4,8,11-14H2,1-3H3. The van der Waals surface area contributed by atoms with Gasteiger partial charge in [0.2, 0.25) is 5.78 Å². The predicted octanol–water partition coefficient (Wildman–Crippen LogP) is 4.29. The Labute approximate surface area is 160 Å². The summed E-state index contributed by atoms with van der Waals surface area (Å²) in [7, 11) is 0. The quantitative estimate of drug-likeness (QED) is 0.525. The lowest BCUT2D eigenvalue weighted by molar-refractivity contribution is -0.149. The summed E-state index contributed by atoms with van der Waals surface area (Å²) in [6.45, 7) is 6.25. The Bertz CT molecular complexity index is 628. The van der Waals surface area contributed by atoms with Crippen LogP contribution in [0.1, 0.15) is 45.6 Å². The second-order valence-corrected chi connectivity index (χ2v) is 8.96. The molecule has 1 saturated heterocycles. The molecule has 0 N–H and O–H groups in total. The van der Waals surface area contributed by atoms with Crippen molar-refractivity contribution in [1.82, 2.24) is 4.90 Å². The van der Waals surface area contributed by atoms with Crippen molar-refractivity contribution >= 4 is 39.9 Å². The van der Waals surface area contributed by atoms with E-state index >= 15 is 0 Å². The van der Waals surface area contributed by atoms with E-state index in [-0.39, 0.29) is 17.7 Å². The number of thiocarbonyl (C=S) groups is 1. The third-order valence-corrected chi connectivity index (χ3v) is 6.55. The summed E-state index contributed by atoms with van der Waals surface area (Å²) in [6.07, 6.45) is 3.39. The minimum atomic E-state index is -0.605. The van der Waals surface area contributed by atoms with Crippen LogP contribution in [0.15, 0.2) is 30.3 Å². The lowest BCUT2D eigenvalue weighted by Gasteiger charge is -2.28. The average molecular weight is 378 g/mol. The molecule has 1 amide bonds. The fourth-order valence-corrected chi connectivity index (χ4v) is 4.32. The summed E-state index contributed by atoms with van der Waals surface area (Å²) < 4.78 is 0.837. The highest BCUT2D eigenvalue weighted by Crippen LogP contribution is 2.28. The molecular formula is C20H27NO2S2. The van der Waals surface area contributed by atoms with Gasteiger partial charge < -0.3 is 4.90 Å². The first-order chi connectivity index (χ1) is 11.9. The summed E-state index contributed by atoms with van der Waals surface area (Å²) in [5.74, 6) is 0.245. The van der Waals surface area contributed by atoms with Gasteiger partial charge >= 0.3 is 0 Å². The monoisotopic (exact) mass is 377 g/mol. The van der Waals surface area contributed by atoms with Gasteiger partial charge in [0.15, 0.2) is 0 Å². The molecule has 25 heavy (non-hydrogen) atoms. The number of ketones is 1. The zero-order valence-corrected chi connectivity index (χ0v) is 16.9. The fraction of sp³-hybridized carbons (Fsp3) is 0.550. The molecule has 1 aliphatic rings. The molecule has 1 unspecified atom stereocenters. The molecule has 1 aliphatic heterocycles. The Kier molecular flexibility index (Phi) is 7.20. The van der Waals surface area contributed by atoms with Crippen molar-refractivity contribution in [3.05, 3.63) is 35.9 Å². The van der Waals surface area contributed by atoms with Gasteiger partial charge in [-0.2, -0.15) is 0 Å². The summed E-state index contributed by atoms with van der Waals surface area (Å²) in [5.41, 5.74) is 0.684. The summed E-state index contributed by atoms with van der Waals surface area (Å²) in [5, 5.41) is 0. The molecule has 1 aromatic carbocycles. The SMILES string of the molecule is CCC(C)(C)C(=O)C(=O)N1CCCC1C(=S)SCCc1ccccc1. The van der Waals surface area contributed by atoms with E-state index in [1.54, 1.807) is 16.7 Å². The van der Waals surface area contributed by atoms with Gasteiger partial charge in [0.1, 0.15) is 0 Å². The van der Waals surface area contributed by atoms with Crippen molar-refractivity contribution in [2.24, 2.45) is 5.41 Å². The fourth-order valence-electron chi connectivity index (χ4n) is 2.85. The molecule has 0 bridgehead atoms. The van der Waals surface area contributed by atoms with Crippen molar-refractivity contribution in [3.63, 3.8) is 0 Å². The van der Waals surface area contributed by atoms with Gasteiger partial charge in [0.25, 0.3) is 5.91 Å². The van der Waals surface area contributed by atoms with Crippen LogP contribution in [0.2, 0.25) is 0 Å². The van der Waals surface area contributed by atoms with Gasteiger partial charge in [-0.1, -0.05) is 63.3 Å². The zero-order valence-electron chi connectivity index (χ0n) is 15.3. The molecule has 1 atom stereocenters. The molecule has 1 aromatic rings. The number of likely N-dealkylation sites (tertiary alicyclic amines) is 1. The molecule has 0 aliphatic carbocycles. The van der Waals surface area contributed by atoms with E-state index in [1.807, 2.05) is 39.0 Å². The normalized spacial score (nSPS) is 17.6. The largest absolute Gasteiger partial charge is 0.328 e. The molecule has 136 valence electrons. The minimum Gasteiger partial charge on any atom is -0.328 e. The number of rotatable bonds is 7. The van der Waals surface area contributed by atoms with Gasteiger partial charge in [-0.15, -0.1) is 11.8 Å². The lowest BCUT2D eigenvalue weighted by Crippen LogP contribution is -2.46. The number of aryl methyl sites for hydroxylation is 1. The van der Waals surface area contributed by atoms with Gasteiger partial charge in [0, 0.05) is 17.7 Å². The molecule has 1 fully saturated rings. The average Bonchev–Trinajstić information content (AvgIpc) is 3.11. The molecule has 0 radical (unpaired) electrons. The number of amides is 1. The summed E-state index contributed by atoms with van der Waals surface area (Å²) >= 11 is 7.23. The number of Topliss-reactive ketones (excluding diaryl/α,β-unsaturated/α-hetero) is 1. The second kappa shape index (κ2) is 8.95. The first-order valence-electron chi connectivity index (χ1n) is 8.93. The lowest BCUT2D eigenvalue weighted by atomic mass is 9.84. The van der Waals surface area contributed by atoms with Crippen LogP contribution in [0, 0.1) is 5.41 Å². The first kappa shape index (κ1) is 20.1. The van der Waals surface area contributed by atoms with Crippen molar-refractivity contribution in [3.8, 4) is 0 Å². The van der Waals surface area contributed by atoms with Crippen molar-refractivity contribution < 1.29 is 9.59 Å². The van der Waals surface area contributed by atoms with Crippen LogP contribution in [0.25, 0.3) is 0 Å². The van der Waals surface area contributed by atoms with Gasteiger partial charge in [-0.25, -0.2) is 0 Å². The topological polar surface area (TPSA) is 37.4 Å². The Morgan fingerprint density at radius 1 is 1.28 bits per heavy atom. The Morgan fingerprint density at radius 3 is 2.60 bits per heavy atom. The number of carbonyl (C=O) groups is 2. The van der Waals surface area contributed by atoms with E-state index in [0.717, 1.165) is 29.2 Å².